The number of para-hydroxylation sites is 1. The highest BCUT2D eigenvalue weighted by atomic mass is 19.3. The first-order chi connectivity index (χ1) is 10.8. The lowest BCUT2D eigenvalue weighted by Crippen LogP contribution is -2.34. The Morgan fingerprint density at radius 1 is 1.13 bits per heavy atom. The Morgan fingerprint density at radius 3 is 2.35 bits per heavy atom. The quantitative estimate of drug-likeness (QED) is 0.298. The van der Waals surface area contributed by atoms with E-state index in [9.17, 15) is 27.2 Å². The summed E-state index contributed by atoms with van der Waals surface area (Å²) in [7, 11) is 1.24. The van der Waals surface area contributed by atoms with Crippen LogP contribution in [0.3, 0.4) is 0 Å². The van der Waals surface area contributed by atoms with Crippen LogP contribution in [0.2, 0.25) is 0 Å². The summed E-state index contributed by atoms with van der Waals surface area (Å²) in [6.07, 6.45) is -7.88. The van der Waals surface area contributed by atoms with Gasteiger partial charge >= 0.3 is 18.5 Å². The number of hydrogen-bond donors (Lipinski definition) is 0. The van der Waals surface area contributed by atoms with Gasteiger partial charge in [-0.2, -0.15) is 17.6 Å². The van der Waals surface area contributed by atoms with Crippen LogP contribution in [-0.2, 0) is 9.53 Å². The molecule has 0 aliphatic carbocycles. The lowest BCUT2D eigenvalue weighted by atomic mass is 10.0. The third kappa shape index (κ3) is 5.88. The van der Waals surface area contributed by atoms with Gasteiger partial charge in [0.05, 0.1) is 12.7 Å². The van der Waals surface area contributed by atoms with E-state index in [4.69, 9.17) is 0 Å². The Kier molecular flexibility index (Phi) is 6.99. The number of esters is 1. The van der Waals surface area contributed by atoms with Gasteiger partial charge in [-0.25, -0.2) is 0 Å². The third-order valence-corrected chi connectivity index (χ3v) is 2.95. The van der Waals surface area contributed by atoms with Gasteiger partial charge in [0.2, 0.25) is 0 Å². The molecule has 0 heterocycles. The molecule has 0 aliphatic heterocycles. The van der Waals surface area contributed by atoms with Gasteiger partial charge < -0.3 is 9.47 Å². The Hall–Kier alpha value is -2.12. The van der Waals surface area contributed by atoms with Crippen molar-refractivity contribution in [1.29, 1.82) is 0 Å². The number of ketones is 1. The van der Waals surface area contributed by atoms with Crippen LogP contribution in [0.15, 0.2) is 24.3 Å². The van der Waals surface area contributed by atoms with E-state index >= 15 is 0 Å². The van der Waals surface area contributed by atoms with E-state index in [-0.39, 0.29) is 18.4 Å². The number of hydrogen-bond acceptors (Lipinski definition) is 4. The number of Topliss-reactive ketones (excluding diaryl/α,β-unsaturated/α-hetero) is 1. The molecule has 0 aliphatic rings. The van der Waals surface area contributed by atoms with Crippen molar-refractivity contribution < 1.29 is 36.6 Å². The standard InChI is InChI=1S/C15H16F4O4/c1-22-13(21)9-5-3-7-11(20)10-6-2-4-8-12(10)23-15(18,19)14(16)17/h2,4,6,8,14H,3,5,7,9H2,1H3. The monoisotopic (exact) mass is 336 g/mol. The summed E-state index contributed by atoms with van der Waals surface area (Å²) in [5.74, 6) is -1.55. The molecule has 0 unspecified atom stereocenters. The Morgan fingerprint density at radius 2 is 1.74 bits per heavy atom. The molecule has 1 rings (SSSR count). The van der Waals surface area contributed by atoms with Crippen LogP contribution in [0.25, 0.3) is 0 Å². The molecule has 0 aromatic heterocycles. The first-order valence-corrected chi connectivity index (χ1v) is 6.82. The number of ether oxygens (including phenoxy) is 2. The fourth-order valence-electron chi connectivity index (χ4n) is 1.77. The summed E-state index contributed by atoms with van der Waals surface area (Å²) >= 11 is 0. The molecule has 0 saturated heterocycles. The molecule has 0 bridgehead atoms. The molecule has 0 N–H and O–H groups in total. The summed E-state index contributed by atoms with van der Waals surface area (Å²) in [4.78, 5) is 22.9. The maximum atomic E-state index is 13.0. The van der Waals surface area contributed by atoms with E-state index in [1.165, 1.54) is 25.3 Å². The van der Waals surface area contributed by atoms with Crippen molar-refractivity contribution in [2.24, 2.45) is 0 Å². The fourth-order valence-corrected chi connectivity index (χ4v) is 1.77. The van der Waals surface area contributed by atoms with E-state index < -0.39 is 30.0 Å². The Labute approximate surface area is 130 Å². The number of halogens is 4. The van der Waals surface area contributed by atoms with Gasteiger partial charge in [-0.15, -0.1) is 0 Å². The van der Waals surface area contributed by atoms with Crippen LogP contribution in [0.1, 0.15) is 36.0 Å². The molecule has 4 nitrogen and oxygen atoms in total. The highest BCUT2D eigenvalue weighted by molar-refractivity contribution is 5.98. The summed E-state index contributed by atoms with van der Waals surface area (Å²) in [6.45, 7) is 0. The predicted molar refractivity (Wildman–Crippen MR) is 72.8 cm³/mol. The molecular weight excluding hydrogens is 320 g/mol. The topological polar surface area (TPSA) is 52.6 Å². The number of carbonyl (C=O) groups is 2. The first kappa shape index (κ1) is 18.9. The van der Waals surface area contributed by atoms with Crippen LogP contribution in [-0.4, -0.2) is 31.4 Å². The van der Waals surface area contributed by atoms with Gasteiger partial charge in [0.25, 0.3) is 0 Å². The second kappa shape index (κ2) is 8.50. The Bertz CT molecular complexity index is 546. The average molecular weight is 336 g/mol. The zero-order valence-electron chi connectivity index (χ0n) is 12.4. The fraction of sp³-hybridized carbons (Fsp3) is 0.467. The van der Waals surface area contributed by atoms with Crippen molar-refractivity contribution in [2.45, 2.75) is 38.2 Å². The molecule has 0 amide bonds. The third-order valence-electron chi connectivity index (χ3n) is 2.95. The molecule has 0 saturated carbocycles. The highest BCUT2D eigenvalue weighted by Gasteiger charge is 2.44. The number of unbranched alkanes of at least 4 members (excludes halogenated alkanes) is 1. The molecule has 128 valence electrons. The predicted octanol–water partition coefficient (Wildman–Crippen LogP) is 3.84. The van der Waals surface area contributed by atoms with Crippen molar-refractivity contribution in [3.05, 3.63) is 29.8 Å². The smallest absolute Gasteiger partial charge is 0.461 e. The van der Waals surface area contributed by atoms with E-state index in [0.29, 0.717) is 12.8 Å². The minimum atomic E-state index is -4.68. The van der Waals surface area contributed by atoms with Crippen LogP contribution in [0.5, 0.6) is 5.75 Å². The molecule has 1 aromatic rings. The summed E-state index contributed by atoms with van der Waals surface area (Å²) in [6, 6.07) is 4.96. The maximum absolute atomic E-state index is 13.0. The SMILES string of the molecule is COC(=O)CCCCC(=O)c1ccccc1OC(F)(F)C(F)F. The van der Waals surface area contributed by atoms with Gasteiger partial charge in [-0.3, -0.25) is 9.59 Å². The van der Waals surface area contributed by atoms with Gasteiger partial charge in [0.1, 0.15) is 5.75 Å². The molecule has 1 aromatic carbocycles. The molecule has 0 radical (unpaired) electrons. The van der Waals surface area contributed by atoms with Crippen molar-refractivity contribution >= 4 is 11.8 Å². The van der Waals surface area contributed by atoms with E-state index in [1.54, 1.807) is 0 Å². The molecule has 0 spiro atoms. The molecule has 8 heteroatoms. The summed E-state index contributed by atoms with van der Waals surface area (Å²) in [5, 5.41) is 0. The zero-order chi connectivity index (χ0) is 17.5. The lowest BCUT2D eigenvalue weighted by Gasteiger charge is -2.18. The van der Waals surface area contributed by atoms with Gasteiger partial charge in [0, 0.05) is 12.8 Å². The minimum absolute atomic E-state index is 0.0301. The normalized spacial score (nSPS) is 11.4. The number of methoxy groups -OCH3 is 1. The van der Waals surface area contributed by atoms with Crippen molar-refractivity contribution in [3.8, 4) is 5.75 Å². The highest BCUT2D eigenvalue weighted by Crippen LogP contribution is 2.30. The first-order valence-electron chi connectivity index (χ1n) is 6.82. The van der Waals surface area contributed by atoms with Gasteiger partial charge in [0.15, 0.2) is 5.78 Å². The van der Waals surface area contributed by atoms with Crippen LogP contribution in [0, 0.1) is 0 Å². The van der Waals surface area contributed by atoms with Crippen molar-refractivity contribution in [1.82, 2.24) is 0 Å². The second-order valence-corrected chi connectivity index (χ2v) is 4.67. The lowest BCUT2D eigenvalue weighted by molar-refractivity contribution is -0.253. The van der Waals surface area contributed by atoms with Crippen LogP contribution < -0.4 is 4.74 Å². The summed E-state index contributed by atoms with van der Waals surface area (Å²) < 4.78 is 58.8. The number of benzene rings is 1. The molecule has 0 atom stereocenters. The second-order valence-electron chi connectivity index (χ2n) is 4.67. The van der Waals surface area contributed by atoms with E-state index in [2.05, 4.69) is 9.47 Å². The average Bonchev–Trinajstić information content (AvgIpc) is 2.51. The van der Waals surface area contributed by atoms with Gasteiger partial charge in [-0.05, 0) is 25.0 Å². The molecule has 0 fully saturated rings. The van der Waals surface area contributed by atoms with Crippen LogP contribution in [0.4, 0.5) is 17.6 Å². The van der Waals surface area contributed by atoms with Crippen LogP contribution >= 0.6 is 0 Å². The Balaban J connectivity index is 2.69. The number of rotatable bonds is 9. The number of alkyl halides is 4. The minimum Gasteiger partial charge on any atom is -0.469 e. The number of carbonyl (C=O) groups excluding carboxylic acids is 2. The summed E-state index contributed by atoms with van der Waals surface area (Å²) in [5.41, 5.74) is -0.203. The van der Waals surface area contributed by atoms with Gasteiger partial charge in [-0.1, -0.05) is 12.1 Å². The van der Waals surface area contributed by atoms with E-state index in [0.717, 1.165) is 6.07 Å². The van der Waals surface area contributed by atoms with E-state index in [1.807, 2.05) is 0 Å². The van der Waals surface area contributed by atoms with Crippen molar-refractivity contribution in [3.63, 3.8) is 0 Å². The van der Waals surface area contributed by atoms with Crippen molar-refractivity contribution in [2.75, 3.05) is 7.11 Å². The molecule has 23 heavy (non-hydrogen) atoms. The largest absolute Gasteiger partial charge is 0.469 e. The molecular formula is C15H16F4O4. The maximum Gasteiger partial charge on any atom is 0.461 e. The zero-order valence-corrected chi connectivity index (χ0v) is 12.4.